The Morgan fingerprint density at radius 2 is 2.27 bits per heavy atom. The van der Waals surface area contributed by atoms with Crippen LogP contribution in [0.2, 0.25) is 0 Å². The second-order valence-corrected chi connectivity index (χ2v) is 3.58. The van der Waals surface area contributed by atoms with Crippen LogP contribution in [0.15, 0.2) is 6.20 Å². The van der Waals surface area contributed by atoms with Crippen LogP contribution in [0, 0.1) is 0 Å². The van der Waals surface area contributed by atoms with Gasteiger partial charge in [-0.3, -0.25) is 0 Å². The van der Waals surface area contributed by atoms with Crippen LogP contribution >= 0.6 is 0 Å². The molecule has 0 unspecified atom stereocenters. The molecule has 82 valence electrons. The highest BCUT2D eigenvalue weighted by atomic mass is 16.5. The Morgan fingerprint density at radius 3 is 2.87 bits per heavy atom. The topological polar surface area (TPSA) is 107 Å². The van der Waals surface area contributed by atoms with Gasteiger partial charge in [-0.2, -0.15) is 4.98 Å². The minimum Gasteiger partial charge on any atom is -0.394 e. The van der Waals surface area contributed by atoms with E-state index in [9.17, 15) is 0 Å². The Hall–Kier alpha value is -1.40. The molecule has 1 aromatic rings. The fourth-order valence-corrected chi connectivity index (χ4v) is 1.74. The smallest absolute Gasteiger partial charge is 0.221 e. The van der Waals surface area contributed by atoms with Crippen molar-refractivity contribution in [2.24, 2.45) is 0 Å². The fraction of sp³-hybridized carbons (Fsp3) is 0.556. The van der Waals surface area contributed by atoms with Gasteiger partial charge in [0.05, 0.1) is 18.8 Å². The van der Waals surface area contributed by atoms with Crippen molar-refractivity contribution in [3.05, 3.63) is 11.8 Å². The summed E-state index contributed by atoms with van der Waals surface area (Å²) in [6.45, 7) is 0.0340. The van der Waals surface area contributed by atoms with Gasteiger partial charge < -0.3 is 21.3 Å². The second-order valence-electron chi connectivity index (χ2n) is 3.58. The van der Waals surface area contributed by atoms with Crippen molar-refractivity contribution in [3.8, 4) is 0 Å². The van der Waals surface area contributed by atoms with E-state index in [-0.39, 0.29) is 24.8 Å². The lowest BCUT2D eigenvalue weighted by atomic mass is 10.1. The van der Waals surface area contributed by atoms with Gasteiger partial charge in [0.2, 0.25) is 5.95 Å². The van der Waals surface area contributed by atoms with Gasteiger partial charge in [-0.15, -0.1) is 0 Å². The average molecular weight is 210 g/mol. The molecular formula is C9H14N4O2. The first-order chi connectivity index (χ1) is 7.20. The summed E-state index contributed by atoms with van der Waals surface area (Å²) in [4.78, 5) is 7.75. The van der Waals surface area contributed by atoms with E-state index in [0.29, 0.717) is 5.82 Å². The molecule has 1 aromatic heterocycles. The molecule has 1 aliphatic heterocycles. The van der Waals surface area contributed by atoms with Crippen molar-refractivity contribution in [1.82, 2.24) is 9.97 Å². The van der Waals surface area contributed by atoms with Crippen LogP contribution in [-0.4, -0.2) is 27.8 Å². The minimum absolute atomic E-state index is 0.0340. The molecular weight excluding hydrogens is 196 g/mol. The highest BCUT2D eigenvalue weighted by molar-refractivity contribution is 5.43. The Kier molecular flexibility index (Phi) is 2.70. The Morgan fingerprint density at radius 1 is 1.47 bits per heavy atom. The molecule has 1 aliphatic rings. The van der Waals surface area contributed by atoms with E-state index in [2.05, 4.69) is 9.97 Å². The Labute approximate surface area is 87.3 Å². The first kappa shape index (κ1) is 10.1. The van der Waals surface area contributed by atoms with Crippen LogP contribution in [0.1, 0.15) is 24.5 Å². The molecule has 1 fully saturated rings. The molecule has 0 radical (unpaired) electrons. The number of ether oxygens (including phenoxy) is 1. The van der Waals surface area contributed by atoms with E-state index < -0.39 is 0 Å². The first-order valence-corrected chi connectivity index (χ1v) is 4.85. The quantitative estimate of drug-likeness (QED) is 0.626. The number of aliphatic hydroxyl groups is 1. The molecule has 15 heavy (non-hydrogen) atoms. The Bertz CT molecular complexity index is 358. The van der Waals surface area contributed by atoms with Crippen LogP contribution in [-0.2, 0) is 4.74 Å². The van der Waals surface area contributed by atoms with E-state index >= 15 is 0 Å². The molecule has 5 N–H and O–H groups in total. The fourth-order valence-electron chi connectivity index (χ4n) is 1.74. The predicted molar refractivity (Wildman–Crippen MR) is 54.8 cm³/mol. The maximum atomic E-state index is 8.94. The van der Waals surface area contributed by atoms with Gasteiger partial charge in [0, 0.05) is 11.8 Å². The number of hydrogen-bond acceptors (Lipinski definition) is 6. The zero-order valence-corrected chi connectivity index (χ0v) is 8.26. The third-order valence-electron chi connectivity index (χ3n) is 2.52. The summed E-state index contributed by atoms with van der Waals surface area (Å²) in [6.07, 6.45) is 3.00. The van der Waals surface area contributed by atoms with Crippen LogP contribution < -0.4 is 11.5 Å². The van der Waals surface area contributed by atoms with Crippen molar-refractivity contribution in [3.63, 3.8) is 0 Å². The lowest BCUT2D eigenvalue weighted by molar-refractivity contribution is 0.0110. The van der Waals surface area contributed by atoms with Gasteiger partial charge in [-0.05, 0) is 12.8 Å². The summed E-state index contributed by atoms with van der Waals surface area (Å²) in [7, 11) is 0. The van der Waals surface area contributed by atoms with Crippen LogP contribution in [0.5, 0.6) is 0 Å². The monoisotopic (exact) mass is 210 g/mol. The predicted octanol–water partition coefficient (Wildman–Crippen LogP) is -0.147. The summed E-state index contributed by atoms with van der Waals surface area (Å²) in [5.74, 6) is 0.513. The van der Waals surface area contributed by atoms with E-state index in [1.165, 1.54) is 0 Å². The Balaban J connectivity index is 2.17. The highest BCUT2D eigenvalue weighted by Crippen LogP contribution is 2.34. The van der Waals surface area contributed by atoms with Gasteiger partial charge in [0.25, 0.3) is 0 Å². The lowest BCUT2D eigenvalue weighted by Crippen LogP contribution is -2.12. The molecule has 0 aromatic carbocycles. The average Bonchev–Trinajstić information content (AvgIpc) is 2.66. The summed E-state index contributed by atoms with van der Waals surface area (Å²) in [6, 6.07) is 0. The zero-order chi connectivity index (χ0) is 10.8. The number of nitrogens with zero attached hydrogens (tertiary/aromatic N) is 2. The van der Waals surface area contributed by atoms with Crippen molar-refractivity contribution >= 4 is 11.8 Å². The standard InChI is InChI=1S/C9H14N4O2/c10-8-6(3-12-9(11)13-8)7-2-1-5(4-14)15-7/h3,5,7,14H,1-2,4H2,(H4,10,11,12,13)/t5-,7-/m0/s1. The van der Waals surface area contributed by atoms with Crippen LogP contribution in [0.25, 0.3) is 0 Å². The second kappa shape index (κ2) is 4.00. The van der Waals surface area contributed by atoms with E-state index in [1.807, 2.05) is 0 Å². The van der Waals surface area contributed by atoms with Crippen molar-refractivity contribution in [1.29, 1.82) is 0 Å². The number of aromatic nitrogens is 2. The van der Waals surface area contributed by atoms with E-state index in [0.717, 1.165) is 18.4 Å². The molecule has 2 rings (SSSR count). The lowest BCUT2D eigenvalue weighted by Gasteiger charge is -2.13. The van der Waals surface area contributed by atoms with Crippen LogP contribution in [0.4, 0.5) is 11.8 Å². The highest BCUT2D eigenvalue weighted by Gasteiger charge is 2.27. The number of rotatable bonds is 2. The summed E-state index contributed by atoms with van der Waals surface area (Å²) < 4.78 is 5.57. The minimum atomic E-state index is -0.122. The molecule has 0 amide bonds. The zero-order valence-electron chi connectivity index (χ0n) is 8.26. The molecule has 1 saturated heterocycles. The maximum absolute atomic E-state index is 8.94. The van der Waals surface area contributed by atoms with Gasteiger partial charge >= 0.3 is 0 Å². The summed E-state index contributed by atoms with van der Waals surface area (Å²) >= 11 is 0. The number of hydrogen-bond donors (Lipinski definition) is 3. The number of anilines is 2. The molecule has 2 heterocycles. The van der Waals surface area contributed by atoms with Crippen molar-refractivity contribution in [2.75, 3.05) is 18.1 Å². The van der Waals surface area contributed by atoms with Crippen molar-refractivity contribution < 1.29 is 9.84 Å². The van der Waals surface area contributed by atoms with Gasteiger partial charge in [0.15, 0.2) is 0 Å². The van der Waals surface area contributed by atoms with Gasteiger partial charge in [-0.25, -0.2) is 4.98 Å². The maximum Gasteiger partial charge on any atom is 0.221 e. The van der Waals surface area contributed by atoms with E-state index in [1.54, 1.807) is 6.20 Å². The molecule has 2 atom stereocenters. The van der Waals surface area contributed by atoms with Crippen molar-refractivity contribution in [2.45, 2.75) is 25.0 Å². The molecule has 0 saturated carbocycles. The largest absolute Gasteiger partial charge is 0.394 e. The summed E-state index contributed by atoms with van der Waals surface area (Å²) in [5.41, 5.74) is 11.9. The van der Waals surface area contributed by atoms with Gasteiger partial charge in [-0.1, -0.05) is 0 Å². The number of nitrogen functional groups attached to an aromatic ring is 2. The SMILES string of the molecule is Nc1ncc([C@@H]2CC[C@@H](CO)O2)c(N)n1. The summed E-state index contributed by atoms with van der Waals surface area (Å²) in [5, 5.41) is 8.94. The third-order valence-corrected chi connectivity index (χ3v) is 2.52. The molecule has 0 aliphatic carbocycles. The number of aliphatic hydroxyl groups excluding tert-OH is 1. The molecule has 0 bridgehead atoms. The number of nitrogens with two attached hydrogens (primary N) is 2. The third kappa shape index (κ3) is 2.00. The molecule has 6 heteroatoms. The van der Waals surface area contributed by atoms with E-state index in [4.69, 9.17) is 21.3 Å². The molecule has 6 nitrogen and oxygen atoms in total. The first-order valence-electron chi connectivity index (χ1n) is 4.85. The normalized spacial score (nSPS) is 25.7. The van der Waals surface area contributed by atoms with Crippen LogP contribution in [0.3, 0.4) is 0 Å². The molecule has 0 spiro atoms. The van der Waals surface area contributed by atoms with Gasteiger partial charge in [0.1, 0.15) is 5.82 Å².